The average Bonchev–Trinajstić information content (AvgIpc) is 2.44. The highest BCUT2D eigenvalue weighted by atomic mass is 16.2. The van der Waals surface area contributed by atoms with E-state index in [1.54, 1.807) is 0 Å². The van der Waals surface area contributed by atoms with Gasteiger partial charge in [-0.05, 0) is 37.3 Å². The summed E-state index contributed by atoms with van der Waals surface area (Å²) in [6.45, 7) is 7.96. The highest BCUT2D eigenvalue weighted by Crippen LogP contribution is 2.26. The lowest BCUT2D eigenvalue weighted by Gasteiger charge is -2.41. The number of nitrogens with zero attached hydrogens (tertiary/aromatic N) is 3. The standard InChI is InChI=1S/C16H23N3O/c1-12-5-6-15(17-8-12)18-7-3-4-14(11-18)16(20)19-9-13(2)10-19/h5-6,8,13-14H,3-4,7,9-11H2,1-2H3. The van der Waals surface area contributed by atoms with Crippen molar-refractivity contribution in [2.45, 2.75) is 26.7 Å². The molecule has 2 fully saturated rings. The molecule has 0 aromatic carbocycles. The molecule has 0 N–H and O–H groups in total. The molecule has 2 saturated heterocycles. The third kappa shape index (κ3) is 2.65. The number of pyridine rings is 1. The van der Waals surface area contributed by atoms with E-state index in [0.29, 0.717) is 11.8 Å². The maximum absolute atomic E-state index is 12.4. The predicted molar refractivity (Wildman–Crippen MR) is 79.7 cm³/mol. The maximum atomic E-state index is 12.4. The Morgan fingerprint density at radius 1 is 1.30 bits per heavy atom. The quantitative estimate of drug-likeness (QED) is 0.828. The molecule has 2 aliphatic rings. The zero-order valence-corrected chi connectivity index (χ0v) is 12.4. The summed E-state index contributed by atoms with van der Waals surface area (Å²) >= 11 is 0. The fourth-order valence-electron chi connectivity index (χ4n) is 3.17. The van der Waals surface area contributed by atoms with Gasteiger partial charge in [-0.15, -0.1) is 0 Å². The molecule has 0 bridgehead atoms. The Kier molecular flexibility index (Phi) is 3.64. The van der Waals surface area contributed by atoms with E-state index in [2.05, 4.69) is 28.9 Å². The minimum Gasteiger partial charge on any atom is -0.356 e. The van der Waals surface area contributed by atoms with E-state index in [9.17, 15) is 4.79 Å². The van der Waals surface area contributed by atoms with Gasteiger partial charge in [0.1, 0.15) is 5.82 Å². The highest BCUT2D eigenvalue weighted by Gasteiger charge is 2.34. The van der Waals surface area contributed by atoms with Crippen LogP contribution in [0.5, 0.6) is 0 Å². The number of rotatable bonds is 2. The van der Waals surface area contributed by atoms with Crippen molar-refractivity contribution in [3.05, 3.63) is 23.9 Å². The lowest BCUT2D eigenvalue weighted by molar-refractivity contribution is -0.141. The van der Waals surface area contributed by atoms with E-state index >= 15 is 0 Å². The molecule has 1 amide bonds. The molecule has 3 rings (SSSR count). The summed E-state index contributed by atoms with van der Waals surface area (Å²) in [6.07, 6.45) is 4.00. The molecular formula is C16H23N3O. The van der Waals surface area contributed by atoms with Crippen molar-refractivity contribution in [2.24, 2.45) is 11.8 Å². The minimum atomic E-state index is 0.152. The number of carbonyl (C=O) groups excluding carboxylic acids is 1. The Morgan fingerprint density at radius 2 is 2.10 bits per heavy atom. The van der Waals surface area contributed by atoms with Crippen molar-refractivity contribution in [3.8, 4) is 0 Å². The van der Waals surface area contributed by atoms with Gasteiger partial charge in [0.05, 0.1) is 5.92 Å². The Labute approximate surface area is 120 Å². The van der Waals surface area contributed by atoms with Gasteiger partial charge in [-0.25, -0.2) is 4.98 Å². The lowest BCUT2D eigenvalue weighted by atomic mass is 9.93. The summed E-state index contributed by atoms with van der Waals surface area (Å²) in [5.41, 5.74) is 1.17. The number of likely N-dealkylation sites (tertiary alicyclic amines) is 1. The number of hydrogen-bond donors (Lipinski definition) is 0. The highest BCUT2D eigenvalue weighted by molar-refractivity contribution is 5.80. The largest absolute Gasteiger partial charge is 0.356 e. The lowest BCUT2D eigenvalue weighted by Crippen LogP contribution is -2.53. The van der Waals surface area contributed by atoms with Crippen LogP contribution in [0.15, 0.2) is 18.3 Å². The van der Waals surface area contributed by atoms with Crippen LogP contribution in [0, 0.1) is 18.8 Å². The molecule has 1 atom stereocenters. The number of anilines is 1. The van der Waals surface area contributed by atoms with Gasteiger partial charge in [-0.1, -0.05) is 13.0 Å². The zero-order chi connectivity index (χ0) is 14.1. The smallest absolute Gasteiger partial charge is 0.227 e. The SMILES string of the molecule is Cc1ccc(N2CCCC(C(=O)N3CC(C)C3)C2)nc1. The summed E-state index contributed by atoms with van der Waals surface area (Å²) in [5, 5.41) is 0. The van der Waals surface area contributed by atoms with Crippen LogP contribution in [0.25, 0.3) is 0 Å². The zero-order valence-electron chi connectivity index (χ0n) is 12.4. The summed E-state index contributed by atoms with van der Waals surface area (Å²) in [5.74, 6) is 2.18. The third-order valence-electron chi connectivity index (χ3n) is 4.37. The molecule has 0 radical (unpaired) electrons. The van der Waals surface area contributed by atoms with Crippen molar-refractivity contribution in [2.75, 3.05) is 31.1 Å². The second-order valence-corrected chi connectivity index (χ2v) is 6.33. The average molecular weight is 273 g/mol. The summed E-state index contributed by atoms with van der Waals surface area (Å²) < 4.78 is 0. The Hall–Kier alpha value is -1.58. The van der Waals surface area contributed by atoms with Crippen molar-refractivity contribution >= 4 is 11.7 Å². The molecular weight excluding hydrogens is 250 g/mol. The molecule has 1 aromatic rings. The van der Waals surface area contributed by atoms with Crippen LogP contribution in [0.1, 0.15) is 25.3 Å². The Balaban J connectivity index is 1.64. The van der Waals surface area contributed by atoms with Gasteiger partial charge in [0, 0.05) is 32.4 Å². The number of aryl methyl sites for hydroxylation is 1. The molecule has 1 aromatic heterocycles. The van der Waals surface area contributed by atoms with Crippen LogP contribution in [-0.4, -0.2) is 42.0 Å². The van der Waals surface area contributed by atoms with Crippen LogP contribution in [0.3, 0.4) is 0 Å². The van der Waals surface area contributed by atoms with Crippen LogP contribution in [0.2, 0.25) is 0 Å². The van der Waals surface area contributed by atoms with Crippen molar-refractivity contribution in [1.29, 1.82) is 0 Å². The third-order valence-corrected chi connectivity index (χ3v) is 4.37. The van der Waals surface area contributed by atoms with E-state index in [4.69, 9.17) is 0 Å². The van der Waals surface area contributed by atoms with Gasteiger partial charge < -0.3 is 9.80 Å². The fourth-order valence-corrected chi connectivity index (χ4v) is 3.17. The first kappa shape index (κ1) is 13.4. The van der Waals surface area contributed by atoms with Crippen LogP contribution in [0.4, 0.5) is 5.82 Å². The number of amides is 1. The predicted octanol–water partition coefficient (Wildman–Crippen LogP) is 2.08. The first-order valence-electron chi connectivity index (χ1n) is 7.60. The fraction of sp³-hybridized carbons (Fsp3) is 0.625. The van der Waals surface area contributed by atoms with E-state index in [1.807, 2.05) is 18.0 Å². The van der Waals surface area contributed by atoms with Gasteiger partial charge in [0.25, 0.3) is 0 Å². The molecule has 2 aliphatic heterocycles. The number of carbonyl (C=O) groups is 1. The maximum Gasteiger partial charge on any atom is 0.227 e. The van der Waals surface area contributed by atoms with E-state index in [1.165, 1.54) is 5.56 Å². The second-order valence-electron chi connectivity index (χ2n) is 6.33. The van der Waals surface area contributed by atoms with Gasteiger partial charge in [-0.3, -0.25) is 4.79 Å². The molecule has 0 spiro atoms. The van der Waals surface area contributed by atoms with Gasteiger partial charge in [0.2, 0.25) is 5.91 Å². The Morgan fingerprint density at radius 3 is 2.75 bits per heavy atom. The monoisotopic (exact) mass is 273 g/mol. The van der Waals surface area contributed by atoms with E-state index in [0.717, 1.165) is 44.8 Å². The Bertz CT molecular complexity index is 479. The first-order chi connectivity index (χ1) is 9.63. The van der Waals surface area contributed by atoms with Crippen LogP contribution in [-0.2, 0) is 4.79 Å². The number of hydrogen-bond acceptors (Lipinski definition) is 3. The van der Waals surface area contributed by atoms with Crippen LogP contribution >= 0.6 is 0 Å². The van der Waals surface area contributed by atoms with E-state index < -0.39 is 0 Å². The molecule has 1 unspecified atom stereocenters. The van der Waals surface area contributed by atoms with Gasteiger partial charge >= 0.3 is 0 Å². The second kappa shape index (κ2) is 5.43. The van der Waals surface area contributed by atoms with Crippen molar-refractivity contribution < 1.29 is 4.79 Å². The molecule has 0 aliphatic carbocycles. The normalized spacial score (nSPS) is 23.6. The summed E-state index contributed by atoms with van der Waals surface area (Å²) in [4.78, 5) is 21.2. The van der Waals surface area contributed by atoms with E-state index in [-0.39, 0.29) is 5.92 Å². The molecule has 4 heteroatoms. The molecule has 20 heavy (non-hydrogen) atoms. The number of piperidine rings is 1. The molecule has 3 heterocycles. The van der Waals surface area contributed by atoms with Gasteiger partial charge in [-0.2, -0.15) is 0 Å². The van der Waals surface area contributed by atoms with Crippen molar-refractivity contribution in [1.82, 2.24) is 9.88 Å². The topological polar surface area (TPSA) is 36.4 Å². The summed E-state index contributed by atoms with van der Waals surface area (Å²) in [6, 6.07) is 4.15. The van der Waals surface area contributed by atoms with Crippen molar-refractivity contribution in [3.63, 3.8) is 0 Å². The minimum absolute atomic E-state index is 0.152. The van der Waals surface area contributed by atoms with Crippen LogP contribution < -0.4 is 4.90 Å². The van der Waals surface area contributed by atoms with Gasteiger partial charge in [0.15, 0.2) is 0 Å². The number of aromatic nitrogens is 1. The molecule has 0 saturated carbocycles. The summed E-state index contributed by atoms with van der Waals surface area (Å²) in [7, 11) is 0. The molecule has 4 nitrogen and oxygen atoms in total. The molecule has 108 valence electrons. The first-order valence-corrected chi connectivity index (χ1v) is 7.60.